The molecular formula is C19H15N3O3. The number of pyridine rings is 1. The zero-order chi connectivity index (χ0) is 18.1. The molecule has 0 unspecified atom stereocenters. The molecule has 0 saturated carbocycles. The number of aryl methyl sites for hydroxylation is 2. The number of para-hydroxylation sites is 1. The first-order valence-corrected chi connectivity index (χ1v) is 7.53. The highest BCUT2D eigenvalue weighted by atomic mass is 16.5. The maximum atomic E-state index is 11.5. The van der Waals surface area contributed by atoms with E-state index in [4.69, 9.17) is 10.5 Å². The molecule has 25 heavy (non-hydrogen) atoms. The van der Waals surface area contributed by atoms with Crippen LogP contribution in [0.4, 0.5) is 0 Å². The zero-order valence-electron chi connectivity index (χ0n) is 13.7. The Labute approximate surface area is 144 Å². The van der Waals surface area contributed by atoms with Gasteiger partial charge in [-0.05, 0) is 43.2 Å². The summed E-state index contributed by atoms with van der Waals surface area (Å²) in [6, 6.07) is 12.6. The summed E-state index contributed by atoms with van der Waals surface area (Å²) in [6.45, 7) is 3.87. The summed E-state index contributed by atoms with van der Waals surface area (Å²) in [5.41, 5.74) is 6.84. The van der Waals surface area contributed by atoms with Gasteiger partial charge in [0.2, 0.25) is 0 Å². The molecule has 3 aromatic rings. The fraction of sp³-hybridized carbons (Fsp3) is 0.105. The van der Waals surface area contributed by atoms with Crippen molar-refractivity contribution < 1.29 is 14.6 Å². The van der Waals surface area contributed by atoms with Gasteiger partial charge in [0.1, 0.15) is 23.3 Å². The summed E-state index contributed by atoms with van der Waals surface area (Å²) in [6.07, 6.45) is 0. The van der Waals surface area contributed by atoms with Gasteiger partial charge in [-0.15, -0.1) is 0 Å². The monoisotopic (exact) mass is 333 g/mol. The van der Waals surface area contributed by atoms with Crippen LogP contribution in [0.15, 0.2) is 36.4 Å². The van der Waals surface area contributed by atoms with Gasteiger partial charge >= 0.3 is 0 Å². The van der Waals surface area contributed by atoms with Crippen molar-refractivity contribution in [3.63, 3.8) is 0 Å². The molecule has 1 amide bonds. The summed E-state index contributed by atoms with van der Waals surface area (Å²) in [5.74, 6) is -0.0952. The van der Waals surface area contributed by atoms with Crippen molar-refractivity contribution in [3.05, 3.63) is 58.9 Å². The molecule has 3 rings (SSSR count). The minimum Gasteiger partial charge on any atom is -0.505 e. The number of nitrogens with two attached hydrogens (primary N) is 1. The molecule has 6 heteroatoms. The summed E-state index contributed by atoms with van der Waals surface area (Å²) in [4.78, 5) is 15.3. The number of amides is 1. The van der Waals surface area contributed by atoms with Crippen LogP contribution in [0.3, 0.4) is 0 Å². The van der Waals surface area contributed by atoms with Gasteiger partial charge in [0.25, 0.3) is 5.91 Å². The fourth-order valence-corrected chi connectivity index (χ4v) is 2.68. The van der Waals surface area contributed by atoms with Crippen LogP contribution in [0, 0.1) is 25.2 Å². The van der Waals surface area contributed by atoms with Crippen LogP contribution in [0.5, 0.6) is 17.2 Å². The normalized spacial score (nSPS) is 10.4. The summed E-state index contributed by atoms with van der Waals surface area (Å²) in [7, 11) is 0. The van der Waals surface area contributed by atoms with Gasteiger partial charge in [-0.1, -0.05) is 18.2 Å². The average molecular weight is 333 g/mol. The van der Waals surface area contributed by atoms with Gasteiger partial charge in [-0.25, -0.2) is 4.98 Å². The van der Waals surface area contributed by atoms with Crippen LogP contribution in [0.2, 0.25) is 0 Å². The number of fused-ring (bicyclic) bond motifs is 1. The molecule has 0 bridgehead atoms. The fourth-order valence-electron chi connectivity index (χ4n) is 2.68. The van der Waals surface area contributed by atoms with E-state index in [-0.39, 0.29) is 22.5 Å². The van der Waals surface area contributed by atoms with E-state index < -0.39 is 5.91 Å². The zero-order valence-corrected chi connectivity index (χ0v) is 13.7. The molecular weight excluding hydrogens is 318 g/mol. The molecule has 1 aromatic heterocycles. The first-order chi connectivity index (χ1) is 11.9. The Morgan fingerprint density at radius 1 is 1.20 bits per heavy atom. The first-order valence-electron chi connectivity index (χ1n) is 7.53. The predicted molar refractivity (Wildman–Crippen MR) is 92.6 cm³/mol. The number of carbonyl (C=O) groups is 1. The number of rotatable bonds is 3. The van der Waals surface area contributed by atoms with E-state index in [0.717, 1.165) is 11.1 Å². The number of aromatic hydroxyl groups is 1. The van der Waals surface area contributed by atoms with Gasteiger partial charge in [0.05, 0.1) is 0 Å². The SMILES string of the molecule is Cc1cccc(C)c1Oc1ccc2c(C#N)nc(C(N)=O)c(O)c2c1. The molecule has 2 aromatic carbocycles. The van der Waals surface area contributed by atoms with E-state index in [0.29, 0.717) is 16.9 Å². The van der Waals surface area contributed by atoms with Crippen LogP contribution < -0.4 is 10.5 Å². The van der Waals surface area contributed by atoms with Crippen LogP contribution in [0.25, 0.3) is 10.8 Å². The van der Waals surface area contributed by atoms with Crippen molar-refractivity contribution in [1.82, 2.24) is 4.98 Å². The molecule has 0 saturated heterocycles. The highest BCUT2D eigenvalue weighted by Crippen LogP contribution is 2.35. The van der Waals surface area contributed by atoms with Gasteiger partial charge in [-0.3, -0.25) is 4.79 Å². The number of ether oxygens (including phenoxy) is 1. The van der Waals surface area contributed by atoms with Crippen molar-refractivity contribution >= 4 is 16.7 Å². The average Bonchev–Trinajstić information content (AvgIpc) is 2.58. The summed E-state index contributed by atoms with van der Waals surface area (Å²) in [5, 5.41) is 20.2. The molecule has 0 atom stereocenters. The number of carbonyl (C=O) groups excluding carboxylic acids is 1. The lowest BCUT2D eigenvalue weighted by Crippen LogP contribution is -2.14. The largest absolute Gasteiger partial charge is 0.505 e. The second-order valence-corrected chi connectivity index (χ2v) is 5.66. The molecule has 0 spiro atoms. The van der Waals surface area contributed by atoms with Crippen molar-refractivity contribution in [2.24, 2.45) is 5.73 Å². The van der Waals surface area contributed by atoms with Gasteiger partial charge in [0, 0.05) is 10.8 Å². The second kappa shape index (κ2) is 6.13. The van der Waals surface area contributed by atoms with Crippen molar-refractivity contribution in [2.45, 2.75) is 13.8 Å². The molecule has 0 fully saturated rings. The molecule has 0 radical (unpaired) electrons. The Balaban J connectivity index is 2.18. The standard InChI is InChI=1S/C19H15N3O3/c1-10-4-3-5-11(2)18(10)25-12-6-7-13-14(8-12)17(23)16(19(21)24)22-15(13)9-20/h3-8,23H,1-2H3,(H2,21,24). The first kappa shape index (κ1) is 16.3. The van der Waals surface area contributed by atoms with Crippen molar-refractivity contribution in [2.75, 3.05) is 0 Å². The number of nitrogens with zero attached hydrogens (tertiary/aromatic N) is 2. The second-order valence-electron chi connectivity index (χ2n) is 5.66. The molecule has 0 aliphatic rings. The highest BCUT2D eigenvalue weighted by Gasteiger charge is 2.18. The van der Waals surface area contributed by atoms with Gasteiger partial charge in [-0.2, -0.15) is 5.26 Å². The van der Waals surface area contributed by atoms with Gasteiger partial charge < -0.3 is 15.6 Å². The highest BCUT2D eigenvalue weighted by molar-refractivity contribution is 6.02. The van der Waals surface area contributed by atoms with E-state index in [1.807, 2.05) is 38.1 Å². The van der Waals surface area contributed by atoms with E-state index in [1.54, 1.807) is 18.2 Å². The molecule has 124 valence electrons. The Morgan fingerprint density at radius 3 is 2.48 bits per heavy atom. The minimum atomic E-state index is -0.906. The topological polar surface area (TPSA) is 109 Å². The Morgan fingerprint density at radius 2 is 1.88 bits per heavy atom. The quantitative estimate of drug-likeness (QED) is 0.764. The minimum absolute atomic E-state index is 0.0141. The summed E-state index contributed by atoms with van der Waals surface area (Å²) >= 11 is 0. The maximum Gasteiger partial charge on any atom is 0.271 e. The number of primary amides is 1. The summed E-state index contributed by atoms with van der Waals surface area (Å²) < 4.78 is 5.95. The lowest BCUT2D eigenvalue weighted by Gasteiger charge is -2.13. The predicted octanol–water partition coefficient (Wildman–Crippen LogP) is 3.32. The van der Waals surface area contributed by atoms with E-state index >= 15 is 0 Å². The van der Waals surface area contributed by atoms with Crippen LogP contribution in [-0.4, -0.2) is 16.0 Å². The third-order valence-corrected chi connectivity index (χ3v) is 3.92. The molecule has 0 aliphatic heterocycles. The third kappa shape index (κ3) is 2.83. The van der Waals surface area contributed by atoms with Crippen LogP contribution in [0.1, 0.15) is 27.3 Å². The van der Waals surface area contributed by atoms with Crippen molar-refractivity contribution in [1.29, 1.82) is 5.26 Å². The molecule has 0 aliphatic carbocycles. The number of hydrogen-bond acceptors (Lipinski definition) is 5. The molecule has 1 heterocycles. The number of benzene rings is 2. The van der Waals surface area contributed by atoms with Crippen LogP contribution >= 0.6 is 0 Å². The third-order valence-electron chi connectivity index (χ3n) is 3.92. The number of aromatic nitrogens is 1. The number of hydrogen-bond donors (Lipinski definition) is 2. The Bertz CT molecular complexity index is 1030. The lowest BCUT2D eigenvalue weighted by atomic mass is 10.1. The number of nitriles is 1. The van der Waals surface area contributed by atoms with Crippen LogP contribution in [-0.2, 0) is 0 Å². The van der Waals surface area contributed by atoms with E-state index in [2.05, 4.69) is 4.98 Å². The Kier molecular flexibility index (Phi) is 3.99. The smallest absolute Gasteiger partial charge is 0.271 e. The lowest BCUT2D eigenvalue weighted by molar-refractivity contribution is 0.0993. The van der Waals surface area contributed by atoms with E-state index in [9.17, 15) is 15.2 Å². The van der Waals surface area contributed by atoms with Gasteiger partial charge in [0.15, 0.2) is 11.4 Å². The molecule has 3 N–H and O–H groups in total. The molecule has 6 nitrogen and oxygen atoms in total. The Hall–Kier alpha value is -3.59. The van der Waals surface area contributed by atoms with E-state index in [1.165, 1.54) is 0 Å². The maximum absolute atomic E-state index is 11.5. The van der Waals surface area contributed by atoms with Crippen molar-refractivity contribution in [3.8, 4) is 23.3 Å².